The Bertz CT molecular complexity index is 1210. The highest BCUT2D eigenvalue weighted by Crippen LogP contribution is 2.13. The fourth-order valence-corrected chi connectivity index (χ4v) is 2.96. The average Bonchev–Trinajstić information content (AvgIpc) is 2.62. The van der Waals surface area contributed by atoms with Crippen LogP contribution in [0.4, 0.5) is 0 Å². The zero-order valence-corrected chi connectivity index (χ0v) is 14.2. The van der Waals surface area contributed by atoms with E-state index in [0.717, 1.165) is 16.8 Å². The molecule has 2 aromatic heterocycles. The monoisotopic (exact) mass is 349 g/mol. The number of aromatic nitrogens is 4. The molecule has 0 fully saturated rings. The van der Waals surface area contributed by atoms with Crippen molar-refractivity contribution in [2.75, 3.05) is 6.61 Å². The normalized spacial score (nSPS) is 11.1. The van der Waals surface area contributed by atoms with Crippen LogP contribution in [0, 0.1) is 6.92 Å². The van der Waals surface area contributed by atoms with Crippen LogP contribution in [0.1, 0.15) is 5.56 Å². The number of fused-ring (bicyclic) bond motifs is 2. The Morgan fingerprint density at radius 3 is 2.69 bits per heavy atom. The van der Waals surface area contributed by atoms with Gasteiger partial charge in [-0.2, -0.15) is 4.98 Å². The van der Waals surface area contributed by atoms with Crippen LogP contribution in [-0.2, 0) is 6.54 Å². The molecule has 2 N–H and O–H groups in total. The third kappa shape index (κ3) is 2.95. The van der Waals surface area contributed by atoms with Gasteiger partial charge in [-0.3, -0.25) is 9.78 Å². The van der Waals surface area contributed by atoms with E-state index in [2.05, 4.69) is 15.0 Å². The van der Waals surface area contributed by atoms with Crippen molar-refractivity contribution in [1.29, 1.82) is 0 Å². The van der Waals surface area contributed by atoms with Crippen molar-refractivity contribution >= 4 is 22.2 Å². The summed E-state index contributed by atoms with van der Waals surface area (Å²) < 4.78 is 7.63. The van der Waals surface area contributed by atoms with Gasteiger partial charge in [0.2, 0.25) is 5.52 Å². The highest BCUT2D eigenvalue weighted by Gasteiger charge is 2.18. The van der Waals surface area contributed by atoms with E-state index in [1.165, 1.54) is 0 Å². The number of aromatic amines is 2. The number of para-hydroxylation sites is 1. The summed E-state index contributed by atoms with van der Waals surface area (Å²) in [5.74, 6) is 0.762. The highest BCUT2D eigenvalue weighted by atomic mass is 16.5. The smallest absolute Gasteiger partial charge is 0.413 e. The van der Waals surface area contributed by atoms with Crippen LogP contribution >= 0.6 is 0 Å². The Kier molecular flexibility index (Phi) is 3.96. The van der Waals surface area contributed by atoms with E-state index < -0.39 is 11.2 Å². The van der Waals surface area contributed by atoms with Gasteiger partial charge in [0, 0.05) is 0 Å². The van der Waals surface area contributed by atoms with Gasteiger partial charge in [-0.1, -0.05) is 24.3 Å². The zero-order valence-electron chi connectivity index (χ0n) is 14.2. The van der Waals surface area contributed by atoms with E-state index in [1.807, 2.05) is 60.0 Å². The summed E-state index contributed by atoms with van der Waals surface area (Å²) in [6, 6.07) is 15.3. The van der Waals surface area contributed by atoms with E-state index in [-0.39, 0.29) is 5.52 Å². The van der Waals surface area contributed by atoms with Gasteiger partial charge in [0.1, 0.15) is 24.4 Å². The minimum atomic E-state index is -0.562. The summed E-state index contributed by atoms with van der Waals surface area (Å²) in [5.41, 5.74) is 2.06. The molecule has 4 aromatic rings. The quantitative estimate of drug-likeness (QED) is 0.431. The molecule has 0 unspecified atom stereocenters. The van der Waals surface area contributed by atoms with Crippen LogP contribution < -0.4 is 20.6 Å². The minimum absolute atomic E-state index is 0.197. The van der Waals surface area contributed by atoms with Crippen LogP contribution in [0.2, 0.25) is 0 Å². The molecule has 0 spiro atoms. The predicted octanol–water partition coefficient (Wildman–Crippen LogP) is 1.44. The van der Waals surface area contributed by atoms with Gasteiger partial charge < -0.3 is 4.74 Å². The van der Waals surface area contributed by atoms with Crippen LogP contribution in [-0.4, -0.2) is 21.6 Å². The largest absolute Gasteiger partial charge is 0.489 e. The van der Waals surface area contributed by atoms with E-state index in [1.54, 1.807) is 0 Å². The van der Waals surface area contributed by atoms with Gasteiger partial charge in [0.25, 0.3) is 5.56 Å². The molecule has 2 heterocycles. The van der Waals surface area contributed by atoms with Crippen molar-refractivity contribution in [2.24, 2.45) is 0 Å². The second-order valence-electron chi connectivity index (χ2n) is 6.02. The van der Waals surface area contributed by atoms with Crippen molar-refractivity contribution in [3.05, 3.63) is 74.9 Å². The molecule has 0 radical (unpaired) electrons. The molecule has 0 saturated carbocycles. The zero-order chi connectivity index (χ0) is 18.1. The SMILES string of the molecule is Cc1ccc2c(c1)nc1c(=O)[nH]c(=O)[nH]c1[n+]2CCOc1ccccc1. The summed E-state index contributed by atoms with van der Waals surface area (Å²) in [6.07, 6.45) is 0. The third-order valence-corrected chi connectivity index (χ3v) is 4.15. The second-order valence-corrected chi connectivity index (χ2v) is 6.02. The van der Waals surface area contributed by atoms with Crippen molar-refractivity contribution in [1.82, 2.24) is 15.0 Å². The summed E-state index contributed by atoms with van der Waals surface area (Å²) >= 11 is 0. The average molecular weight is 349 g/mol. The lowest BCUT2D eigenvalue weighted by molar-refractivity contribution is -0.648. The standard InChI is InChI=1S/C19H16N4O3/c1-12-7-8-15-14(11-12)20-16-17(21-19(25)22-18(16)24)23(15)9-10-26-13-5-3-2-4-6-13/h2-8,11H,9-10H2,1H3,(H,22,24,25)/p+1. The van der Waals surface area contributed by atoms with Crippen molar-refractivity contribution in [3.8, 4) is 5.75 Å². The molecular formula is C19H17N4O3+. The summed E-state index contributed by atoms with van der Waals surface area (Å²) in [4.78, 5) is 33.3. The molecule has 26 heavy (non-hydrogen) atoms. The van der Waals surface area contributed by atoms with E-state index in [4.69, 9.17) is 4.74 Å². The van der Waals surface area contributed by atoms with E-state index >= 15 is 0 Å². The number of benzene rings is 2. The molecule has 4 rings (SSSR count). The lowest BCUT2D eigenvalue weighted by Gasteiger charge is -2.09. The van der Waals surface area contributed by atoms with Crippen LogP contribution in [0.25, 0.3) is 22.2 Å². The maximum absolute atomic E-state index is 12.2. The van der Waals surface area contributed by atoms with Crippen molar-refractivity contribution < 1.29 is 9.30 Å². The Balaban J connectivity index is 1.83. The summed E-state index contributed by atoms with van der Waals surface area (Å²) in [7, 11) is 0. The van der Waals surface area contributed by atoms with E-state index in [0.29, 0.717) is 24.3 Å². The van der Waals surface area contributed by atoms with E-state index in [9.17, 15) is 9.59 Å². The molecule has 2 aromatic carbocycles. The summed E-state index contributed by atoms with van der Waals surface area (Å²) in [6.45, 7) is 2.80. The number of nitrogens with zero attached hydrogens (tertiary/aromatic N) is 2. The second kappa shape index (κ2) is 6.44. The first-order valence-corrected chi connectivity index (χ1v) is 8.26. The number of nitrogens with one attached hydrogen (secondary N) is 2. The molecular weight excluding hydrogens is 332 g/mol. The predicted molar refractivity (Wildman–Crippen MR) is 97.4 cm³/mol. The molecule has 0 atom stereocenters. The molecule has 0 bridgehead atoms. The first-order chi connectivity index (χ1) is 12.6. The lowest BCUT2D eigenvalue weighted by Crippen LogP contribution is -2.42. The molecule has 0 saturated heterocycles. The fraction of sp³-hybridized carbons (Fsp3) is 0.158. The Morgan fingerprint density at radius 1 is 1.08 bits per heavy atom. The molecule has 7 heteroatoms. The number of rotatable bonds is 4. The van der Waals surface area contributed by atoms with Crippen molar-refractivity contribution in [3.63, 3.8) is 0 Å². The number of H-pyrrole nitrogens is 2. The fourth-order valence-electron chi connectivity index (χ4n) is 2.96. The first kappa shape index (κ1) is 16.0. The Hall–Kier alpha value is -3.48. The van der Waals surface area contributed by atoms with Gasteiger partial charge in [-0.05, 0) is 36.8 Å². The molecule has 0 amide bonds. The molecule has 130 valence electrons. The maximum atomic E-state index is 12.2. The molecule has 0 aliphatic carbocycles. The van der Waals surface area contributed by atoms with Crippen LogP contribution in [0.5, 0.6) is 5.75 Å². The molecule has 0 aliphatic rings. The van der Waals surface area contributed by atoms with Gasteiger partial charge in [0.05, 0.1) is 0 Å². The minimum Gasteiger partial charge on any atom is -0.489 e. The molecule has 0 aliphatic heterocycles. The number of hydrogen-bond acceptors (Lipinski definition) is 4. The topological polar surface area (TPSA) is 91.7 Å². The Morgan fingerprint density at radius 2 is 1.88 bits per heavy atom. The number of ether oxygens (including phenoxy) is 1. The third-order valence-electron chi connectivity index (χ3n) is 4.15. The number of aryl methyl sites for hydroxylation is 1. The highest BCUT2D eigenvalue weighted by molar-refractivity contribution is 5.79. The molecule has 7 nitrogen and oxygen atoms in total. The summed E-state index contributed by atoms with van der Waals surface area (Å²) in [5, 5.41) is 0. The van der Waals surface area contributed by atoms with Gasteiger partial charge in [0.15, 0.2) is 5.52 Å². The number of hydrogen-bond donors (Lipinski definition) is 2. The Labute approximate surface area is 147 Å². The van der Waals surface area contributed by atoms with Crippen LogP contribution in [0.3, 0.4) is 0 Å². The van der Waals surface area contributed by atoms with Crippen molar-refractivity contribution in [2.45, 2.75) is 13.5 Å². The van der Waals surface area contributed by atoms with Gasteiger partial charge in [-0.25, -0.2) is 14.3 Å². The van der Waals surface area contributed by atoms with Crippen LogP contribution in [0.15, 0.2) is 58.1 Å². The van der Waals surface area contributed by atoms with Gasteiger partial charge >= 0.3 is 11.3 Å². The first-order valence-electron chi connectivity index (χ1n) is 8.26. The lowest BCUT2D eigenvalue weighted by atomic mass is 10.2. The van der Waals surface area contributed by atoms with Gasteiger partial charge in [-0.15, -0.1) is 0 Å². The maximum Gasteiger partial charge on any atom is 0.413 e.